The minimum absolute atomic E-state index is 0.699. The van der Waals surface area contributed by atoms with E-state index in [4.69, 9.17) is 0 Å². The van der Waals surface area contributed by atoms with Gasteiger partial charge in [0, 0.05) is 11.4 Å². The summed E-state index contributed by atoms with van der Waals surface area (Å²) in [7, 11) is 0. The Kier molecular flexibility index (Phi) is 3.88. The van der Waals surface area contributed by atoms with E-state index in [-0.39, 0.29) is 0 Å². The van der Waals surface area contributed by atoms with Crippen LogP contribution in [0.1, 0.15) is 31.9 Å². The minimum atomic E-state index is 0.699. The van der Waals surface area contributed by atoms with Gasteiger partial charge in [0.1, 0.15) is 0 Å². The Hall–Kier alpha value is 0.170. The predicted molar refractivity (Wildman–Crippen MR) is 69.4 cm³/mol. The number of nitrogens with zero attached hydrogens (tertiary/aromatic N) is 2. The molecule has 0 aromatic carbocycles. The topological polar surface area (TPSA) is 17.8 Å². The average molecular weight is 336 g/mol. The molecule has 1 fully saturated rings. The van der Waals surface area contributed by atoms with Crippen molar-refractivity contribution in [1.29, 1.82) is 0 Å². The van der Waals surface area contributed by atoms with Gasteiger partial charge in [-0.15, -0.1) is 0 Å². The first-order valence-corrected chi connectivity index (χ1v) is 7.27. The molecule has 2 rings (SSSR count). The predicted octanol–water partition coefficient (Wildman–Crippen LogP) is 3.77. The highest BCUT2D eigenvalue weighted by Gasteiger charge is 2.29. The van der Waals surface area contributed by atoms with Gasteiger partial charge < -0.3 is 0 Å². The zero-order chi connectivity index (χ0) is 10.8. The fourth-order valence-electron chi connectivity index (χ4n) is 1.88. The first-order valence-electron chi connectivity index (χ1n) is 5.56. The standard InChI is InChI=1S/C11H16Br2N2/c1-2-15-11(10(13)7-14-15)6-5-9(12)8-3-4-8/h7-9H,2-6H2,1H3. The van der Waals surface area contributed by atoms with Crippen LogP contribution < -0.4 is 0 Å². The molecular formula is C11H16Br2N2. The van der Waals surface area contributed by atoms with Gasteiger partial charge in [-0.1, -0.05) is 15.9 Å². The van der Waals surface area contributed by atoms with E-state index in [0.29, 0.717) is 4.83 Å². The minimum Gasteiger partial charge on any atom is -0.269 e. The van der Waals surface area contributed by atoms with Crippen LogP contribution in [0.3, 0.4) is 0 Å². The van der Waals surface area contributed by atoms with Crippen LogP contribution in [-0.2, 0) is 13.0 Å². The molecule has 2 nitrogen and oxygen atoms in total. The number of rotatable bonds is 5. The summed E-state index contributed by atoms with van der Waals surface area (Å²) in [4.78, 5) is 0.699. The highest BCUT2D eigenvalue weighted by molar-refractivity contribution is 9.10. The number of hydrogen-bond acceptors (Lipinski definition) is 1. The third kappa shape index (κ3) is 2.84. The highest BCUT2D eigenvalue weighted by atomic mass is 79.9. The molecule has 1 unspecified atom stereocenters. The number of hydrogen-bond donors (Lipinski definition) is 0. The third-order valence-corrected chi connectivity index (χ3v) is 4.86. The molecule has 0 amide bonds. The van der Waals surface area contributed by atoms with Crippen molar-refractivity contribution in [3.8, 4) is 0 Å². The fraction of sp³-hybridized carbons (Fsp3) is 0.727. The molecule has 0 spiro atoms. The van der Waals surface area contributed by atoms with Gasteiger partial charge in [0.05, 0.1) is 16.4 Å². The summed E-state index contributed by atoms with van der Waals surface area (Å²) in [5.41, 5.74) is 1.34. The van der Waals surface area contributed by atoms with Crippen molar-refractivity contribution < 1.29 is 0 Å². The quantitative estimate of drug-likeness (QED) is 0.749. The second-order valence-corrected chi connectivity index (χ2v) is 6.18. The summed E-state index contributed by atoms with van der Waals surface area (Å²) >= 11 is 7.34. The van der Waals surface area contributed by atoms with E-state index >= 15 is 0 Å². The molecule has 0 radical (unpaired) electrons. The maximum atomic E-state index is 4.33. The lowest BCUT2D eigenvalue weighted by atomic mass is 10.1. The molecule has 1 saturated carbocycles. The van der Waals surface area contributed by atoms with Crippen molar-refractivity contribution in [3.63, 3.8) is 0 Å². The van der Waals surface area contributed by atoms with Crippen LogP contribution >= 0.6 is 31.9 Å². The molecule has 0 bridgehead atoms. The van der Waals surface area contributed by atoms with Gasteiger partial charge in [-0.3, -0.25) is 4.68 Å². The zero-order valence-corrected chi connectivity index (χ0v) is 12.1. The van der Waals surface area contributed by atoms with Crippen molar-refractivity contribution in [2.45, 2.75) is 44.0 Å². The van der Waals surface area contributed by atoms with E-state index in [2.05, 4.69) is 48.6 Å². The van der Waals surface area contributed by atoms with E-state index in [1.807, 2.05) is 6.20 Å². The van der Waals surface area contributed by atoms with Gasteiger partial charge in [-0.05, 0) is 54.5 Å². The molecule has 4 heteroatoms. The van der Waals surface area contributed by atoms with Gasteiger partial charge in [-0.2, -0.15) is 5.10 Å². The van der Waals surface area contributed by atoms with Crippen LogP contribution in [0.15, 0.2) is 10.7 Å². The zero-order valence-electron chi connectivity index (χ0n) is 8.92. The van der Waals surface area contributed by atoms with Crippen LogP contribution in [0.25, 0.3) is 0 Å². The van der Waals surface area contributed by atoms with Gasteiger partial charge >= 0.3 is 0 Å². The summed E-state index contributed by atoms with van der Waals surface area (Å²) in [5.74, 6) is 0.932. The molecule has 1 aromatic rings. The molecule has 1 aliphatic rings. The Morgan fingerprint density at radius 3 is 2.93 bits per heavy atom. The SMILES string of the molecule is CCn1ncc(Br)c1CCC(Br)C1CC1. The molecule has 15 heavy (non-hydrogen) atoms. The van der Waals surface area contributed by atoms with Crippen LogP contribution in [0.4, 0.5) is 0 Å². The Labute approximate surface area is 108 Å². The number of aryl methyl sites for hydroxylation is 1. The largest absolute Gasteiger partial charge is 0.269 e. The van der Waals surface area contributed by atoms with E-state index in [9.17, 15) is 0 Å². The molecule has 1 aliphatic carbocycles. The summed E-state index contributed by atoms with van der Waals surface area (Å²) < 4.78 is 3.23. The van der Waals surface area contributed by atoms with E-state index < -0.39 is 0 Å². The van der Waals surface area contributed by atoms with Gasteiger partial charge in [0.15, 0.2) is 0 Å². The maximum Gasteiger partial charge on any atom is 0.0635 e. The van der Waals surface area contributed by atoms with Gasteiger partial charge in [0.2, 0.25) is 0 Å². The Bertz CT molecular complexity index is 331. The highest BCUT2D eigenvalue weighted by Crippen LogP contribution is 2.38. The van der Waals surface area contributed by atoms with Crippen LogP contribution in [0.5, 0.6) is 0 Å². The smallest absolute Gasteiger partial charge is 0.0635 e. The lowest BCUT2D eigenvalue weighted by Crippen LogP contribution is -2.07. The number of alkyl halides is 1. The van der Waals surface area contributed by atoms with Gasteiger partial charge in [0.25, 0.3) is 0 Å². The second kappa shape index (κ2) is 5.00. The summed E-state index contributed by atoms with van der Waals surface area (Å²) in [6, 6.07) is 0. The van der Waals surface area contributed by atoms with Crippen LogP contribution in [0, 0.1) is 5.92 Å². The summed E-state index contributed by atoms with van der Waals surface area (Å²) in [6.45, 7) is 3.09. The van der Waals surface area contributed by atoms with E-state index in [0.717, 1.165) is 23.4 Å². The first-order chi connectivity index (χ1) is 7.22. The molecule has 1 heterocycles. The van der Waals surface area contributed by atoms with Crippen LogP contribution in [0.2, 0.25) is 0 Å². The number of aromatic nitrogens is 2. The van der Waals surface area contributed by atoms with E-state index in [1.54, 1.807) is 0 Å². The molecular weight excluding hydrogens is 320 g/mol. The van der Waals surface area contributed by atoms with Crippen molar-refractivity contribution in [1.82, 2.24) is 9.78 Å². The summed E-state index contributed by atoms with van der Waals surface area (Å²) in [6.07, 6.45) is 7.04. The molecule has 1 aromatic heterocycles. The van der Waals surface area contributed by atoms with Gasteiger partial charge in [-0.25, -0.2) is 0 Å². The molecule has 84 valence electrons. The lowest BCUT2D eigenvalue weighted by Gasteiger charge is -2.09. The molecule has 0 aliphatic heterocycles. The Morgan fingerprint density at radius 1 is 1.60 bits per heavy atom. The Morgan fingerprint density at radius 2 is 2.33 bits per heavy atom. The third-order valence-electron chi connectivity index (χ3n) is 2.99. The fourth-order valence-corrected chi connectivity index (χ4v) is 3.13. The number of halogens is 2. The monoisotopic (exact) mass is 334 g/mol. The molecule has 0 saturated heterocycles. The second-order valence-electron chi connectivity index (χ2n) is 4.15. The van der Waals surface area contributed by atoms with Crippen molar-refractivity contribution in [3.05, 3.63) is 16.4 Å². The lowest BCUT2D eigenvalue weighted by molar-refractivity contribution is 0.596. The summed E-state index contributed by atoms with van der Waals surface area (Å²) in [5, 5.41) is 4.33. The molecule has 0 N–H and O–H groups in total. The van der Waals surface area contributed by atoms with Crippen LogP contribution in [-0.4, -0.2) is 14.6 Å². The normalized spacial score (nSPS) is 18.1. The average Bonchev–Trinajstić information content (AvgIpc) is 3.01. The van der Waals surface area contributed by atoms with Crippen molar-refractivity contribution in [2.24, 2.45) is 5.92 Å². The molecule has 1 atom stereocenters. The first kappa shape index (κ1) is 11.6. The van der Waals surface area contributed by atoms with Crippen molar-refractivity contribution >= 4 is 31.9 Å². The van der Waals surface area contributed by atoms with E-state index in [1.165, 1.54) is 25.0 Å². The maximum absolute atomic E-state index is 4.33. The Balaban J connectivity index is 1.93. The van der Waals surface area contributed by atoms with Crippen molar-refractivity contribution in [2.75, 3.05) is 0 Å².